The van der Waals surface area contributed by atoms with Gasteiger partial charge in [0.05, 0.1) is 17.5 Å². The van der Waals surface area contributed by atoms with Crippen LogP contribution in [0.1, 0.15) is 18.4 Å². The number of nitrogens with one attached hydrogen (secondary N) is 1. The average Bonchev–Trinajstić information content (AvgIpc) is 3.17. The molecule has 0 saturated heterocycles. The SMILES string of the molecule is NC(=O)C(CCOc1ccc2nc3n(c(=O)c2c1)CC(=O)N3)N1CCCc2ccccc21. The third-order valence-electron chi connectivity index (χ3n) is 5.99. The number of nitrogens with two attached hydrogens (primary N) is 1. The summed E-state index contributed by atoms with van der Waals surface area (Å²) >= 11 is 0. The van der Waals surface area contributed by atoms with Crippen LogP contribution in [0.3, 0.4) is 0 Å². The number of aromatic nitrogens is 2. The largest absolute Gasteiger partial charge is 0.493 e. The fourth-order valence-corrected chi connectivity index (χ4v) is 4.47. The van der Waals surface area contributed by atoms with Crippen molar-refractivity contribution in [2.45, 2.75) is 31.8 Å². The van der Waals surface area contributed by atoms with E-state index in [1.807, 2.05) is 18.2 Å². The van der Waals surface area contributed by atoms with Crippen molar-refractivity contribution in [2.24, 2.45) is 5.73 Å². The second-order valence-electron chi connectivity index (χ2n) is 8.03. The zero-order chi connectivity index (χ0) is 22.2. The van der Waals surface area contributed by atoms with Crippen LogP contribution in [-0.2, 0) is 22.6 Å². The van der Waals surface area contributed by atoms with Crippen LogP contribution in [0.4, 0.5) is 11.6 Å². The minimum atomic E-state index is -0.482. The minimum Gasteiger partial charge on any atom is -0.493 e. The summed E-state index contributed by atoms with van der Waals surface area (Å²) in [6.45, 7) is 0.984. The van der Waals surface area contributed by atoms with Gasteiger partial charge in [0, 0.05) is 18.7 Å². The summed E-state index contributed by atoms with van der Waals surface area (Å²) in [7, 11) is 0. The molecule has 1 aromatic heterocycles. The van der Waals surface area contributed by atoms with Crippen molar-refractivity contribution >= 4 is 34.4 Å². The molecule has 2 aromatic carbocycles. The van der Waals surface area contributed by atoms with Crippen LogP contribution in [0.15, 0.2) is 47.3 Å². The number of para-hydroxylation sites is 1. The lowest BCUT2D eigenvalue weighted by molar-refractivity contribution is -0.119. The van der Waals surface area contributed by atoms with Crippen LogP contribution in [0.2, 0.25) is 0 Å². The Bertz CT molecular complexity index is 1290. The van der Waals surface area contributed by atoms with Crippen LogP contribution in [0, 0.1) is 0 Å². The standard InChI is InChI=1S/C23H23N5O4/c24-21(30)19(27-10-3-5-14-4-1-2-6-18(14)27)9-11-32-15-7-8-17-16(12-15)22(31)28-13-20(29)26-23(28)25-17/h1-2,4,6-8,12,19H,3,5,9-11,13H2,(H2,24,30)(H,25,26,29). The van der Waals surface area contributed by atoms with Crippen LogP contribution in [-0.4, -0.2) is 40.6 Å². The number of nitrogens with zero attached hydrogens (tertiary/aromatic N) is 3. The van der Waals surface area contributed by atoms with Crippen molar-refractivity contribution in [1.82, 2.24) is 9.55 Å². The molecule has 2 aliphatic rings. The van der Waals surface area contributed by atoms with Crippen LogP contribution < -0.4 is 26.2 Å². The molecule has 0 aliphatic carbocycles. The molecule has 9 nitrogen and oxygen atoms in total. The molecule has 3 aromatic rings. The van der Waals surface area contributed by atoms with Crippen molar-refractivity contribution < 1.29 is 14.3 Å². The number of fused-ring (bicyclic) bond motifs is 3. The highest BCUT2D eigenvalue weighted by atomic mass is 16.5. The summed E-state index contributed by atoms with van der Waals surface area (Å²) in [5, 5.41) is 2.95. The van der Waals surface area contributed by atoms with E-state index in [1.165, 1.54) is 10.1 Å². The predicted molar refractivity (Wildman–Crippen MR) is 120 cm³/mol. The summed E-state index contributed by atoms with van der Waals surface area (Å²) in [6, 6.07) is 12.6. The maximum atomic E-state index is 12.7. The number of hydrogen-bond donors (Lipinski definition) is 2. The van der Waals surface area contributed by atoms with Gasteiger partial charge < -0.3 is 15.4 Å². The normalized spacial score (nSPS) is 15.8. The highest BCUT2D eigenvalue weighted by molar-refractivity contribution is 5.94. The lowest BCUT2D eigenvalue weighted by Crippen LogP contribution is -2.48. The average molecular weight is 433 g/mol. The Morgan fingerprint density at radius 2 is 2.06 bits per heavy atom. The molecule has 3 heterocycles. The van der Waals surface area contributed by atoms with E-state index in [-0.39, 0.29) is 36.5 Å². The number of carbonyl (C=O) groups is 2. The van der Waals surface area contributed by atoms with Crippen LogP contribution >= 0.6 is 0 Å². The predicted octanol–water partition coefficient (Wildman–Crippen LogP) is 1.42. The Kier molecular flexibility index (Phi) is 5.01. The van der Waals surface area contributed by atoms with Gasteiger partial charge >= 0.3 is 0 Å². The van der Waals surface area contributed by atoms with Gasteiger partial charge in [-0.2, -0.15) is 0 Å². The third-order valence-corrected chi connectivity index (χ3v) is 5.99. The first-order chi connectivity index (χ1) is 15.5. The number of hydrogen-bond acceptors (Lipinski definition) is 6. The molecule has 164 valence electrons. The summed E-state index contributed by atoms with van der Waals surface area (Å²) in [5.41, 5.74) is 8.19. The highest BCUT2D eigenvalue weighted by Gasteiger charge is 2.28. The number of primary amides is 1. The van der Waals surface area contributed by atoms with E-state index in [2.05, 4.69) is 21.3 Å². The van der Waals surface area contributed by atoms with Gasteiger partial charge in [-0.05, 0) is 42.7 Å². The number of benzene rings is 2. The molecule has 5 rings (SSSR count). The Morgan fingerprint density at radius 3 is 2.91 bits per heavy atom. The molecule has 0 radical (unpaired) electrons. The minimum absolute atomic E-state index is 0.0419. The van der Waals surface area contributed by atoms with E-state index in [1.54, 1.807) is 18.2 Å². The van der Waals surface area contributed by atoms with Gasteiger partial charge in [0.1, 0.15) is 18.3 Å². The van der Waals surface area contributed by atoms with Gasteiger partial charge in [-0.1, -0.05) is 18.2 Å². The fraction of sp³-hybridized carbons (Fsp3) is 0.304. The lowest BCUT2D eigenvalue weighted by atomic mass is 9.99. The number of anilines is 2. The zero-order valence-corrected chi connectivity index (χ0v) is 17.4. The molecule has 32 heavy (non-hydrogen) atoms. The van der Waals surface area contributed by atoms with Crippen LogP contribution in [0.25, 0.3) is 10.9 Å². The topological polar surface area (TPSA) is 120 Å². The van der Waals surface area contributed by atoms with E-state index >= 15 is 0 Å². The Labute approximate surface area is 183 Å². The van der Waals surface area contributed by atoms with Gasteiger partial charge in [-0.15, -0.1) is 0 Å². The third kappa shape index (κ3) is 3.55. The lowest BCUT2D eigenvalue weighted by Gasteiger charge is -2.36. The first-order valence-electron chi connectivity index (χ1n) is 10.6. The molecule has 2 amide bonds. The van der Waals surface area contributed by atoms with Crippen molar-refractivity contribution in [3.63, 3.8) is 0 Å². The number of carbonyl (C=O) groups excluding carboxylic acids is 2. The zero-order valence-electron chi connectivity index (χ0n) is 17.4. The quantitative estimate of drug-likeness (QED) is 0.607. The Balaban J connectivity index is 1.33. The van der Waals surface area contributed by atoms with E-state index < -0.39 is 6.04 Å². The molecule has 0 saturated carbocycles. The molecule has 1 unspecified atom stereocenters. The summed E-state index contributed by atoms with van der Waals surface area (Å²) < 4.78 is 7.19. The Morgan fingerprint density at radius 1 is 1.22 bits per heavy atom. The molecule has 0 fully saturated rings. The molecule has 9 heteroatoms. The highest BCUT2D eigenvalue weighted by Crippen LogP contribution is 2.29. The number of amides is 2. The molecule has 0 bridgehead atoms. The van der Waals surface area contributed by atoms with Gasteiger partial charge in [-0.3, -0.25) is 24.3 Å². The van der Waals surface area contributed by atoms with Crippen LogP contribution in [0.5, 0.6) is 5.75 Å². The van der Waals surface area contributed by atoms with Crippen molar-refractivity contribution in [2.75, 3.05) is 23.4 Å². The molecule has 1 atom stereocenters. The van der Waals surface area contributed by atoms with Crippen molar-refractivity contribution in [3.05, 3.63) is 58.4 Å². The number of ether oxygens (including phenoxy) is 1. The molecular formula is C23H23N5O4. The van der Waals surface area contributed by atoms with Crippen molar-refractivity contribution in [3.8, 4) is 5.75 Å². The van der Waals surface area contributed by atoms with Gasteiger partial charge in [0.2, 0.25) is 17.8 Å². The fourth-order valence-electron chi connectivity index (χ4n) is 4.47. The smallest absolute Gasteiger partial charge is 0.263 e. The Hall–Kier alpha value is -3.88. The number of rotatable bonds is 6. The van der Waals surface area contributed by atoms with E-state index in [4.69, 9.17) is 10.5 Å². The van der Waals surface area contributed by atoms with E-state index in [9.17, 15) is 14.4 Å². The maximum absolute atomic E-state index is 12.7. The summed E-state index contributed by atoms with van der Waals surface area (Å²) in [4.78, 5) is 42.9. The summed E-state index contributed by atoms with van der Waals surface area (Å²) in [5.74, 6) is 0.0981. The van der Waals surface area contributed by atoms with Crippen molar-refractivity contribution in [1.29, 1.82) is 0 Å². The first kappa shape index (κ1) is 20.0. The monoisotopic (exact) mass is 433 g/mol. The van der Waals surface area contributed by atoms with E-state index in [0.29, 0.717) is 23.1 Å². The van der Waals surface area contributed by atoms with E-state index in [0.717, 1.165) is 25.1 Å². The molecular weight excluding hydrogens is 410 g/mol. The maximum Gasteiger partial charge on any atom is 0.263 e. The second kappa shape index (κ2) is 7.99. The van der Waals surface area contributed by atoms with Gasteiger partial charge in [-0.25, -0.2) is 4.98 Å². The molecule has 0 spiro atoms. The van der Waals surface area contributed by atoms with Gasteiger partial charge in [0.25, 0.3) is 5.56 Å². The summed E-state index contributed by atoms with van der Waals surface area (Å²) in [6.07, 6.45) is 2.37. The van der Waals surface area contributed by atoms with Gasteiger partial charge in [0.15, 0.2) is 0 Å². The second-order valence-corrected chi connectivity index (χ2v) is 8.03. The first-order valence-corrected chi connectivity index (χ1v) is 10.6. The number of aryl methyl sites for hydroxylation is 1. The molecule has 3 N–H and O–H groups in total. The molecule has 2 aliphatic heterocycles.